The van der Waals surface area contributed by atoms with Crippen molar-refractivity contribution in [1.29, 1.82) is 0 Å². The van der Waals surface area contributed by atoms with Crippen molar-refractivity contribution in [1.82, 2.24) is 14.8 Å². The third-order valence-electron chi connectivity index (χ3n) is 7.51. The molecule has 11 nitrogen and oxygen atoms in total. The molecule has 1 saturated heterocycles. The molecule has 2 amide bonds. The number of nitrogens with zero attached hydrogens (tertiary/aromatic N) is 3. The first-order valence-corrected chi connectivity index (χ1v) is 12.9. The minimum absolute atomic E-state index is 0.0243. The maximum absolute atomic E-state index is 14.2. The van der Waals surface area contributed by atoms with Crippen molar-refractivity contribution in [3.63, 3.8) is 0 Å². The van der Waals surface area contributed by atoms with Crippen molar-refractivity contribution < 1.29 is 28.2 Å². The normalized spacial score (nSPS) is 20.6. The predicted molar refractivity (Wildman–Crippen MR) is 139 cm³/mol. The molecule has 0 bridgehead atoms. The molecule has 3 fully saturated rings. The van der Waals surface area contributed by atoms with E-state index in [1.165, 1.54) is 12.3 Å². The van der Waals surface area contributed by atoms with Gasteiger partial charge in [-0.05, 0) is 31.7 Å². The zero-order chi connectivity index (χ0) is 27.2. The van der Waals surface area contributed by atoms with E-state index >= 15 is 0 Å². The molecule has 3 aliphatic rings. The molecule has 12 heteroatoms. The minimum atomic E-state index is -1.87. The predicted octanol–water partition coefficient (Wildman–Crippen LogP) is 3.70. The van der Waals surface area contributed by atoms with Gasteiger partial charge in [-0.1, -0.05) is 12.1 Å². The fourth-order valence-electron chi connectivity index (χ4n) is 5.33. The van der Waals surface area contributed by atoms with Gasteiger partial charge < -0.3 is 30.6 Å². The Hall–Kier alpha value is -4.03. The van der Waals surface area contributed by atoms with Gasteiger partial charge in [0.1, 0.15) is 17.6 Å². The molecule has 6 rings (SSSR count). The van der Waals surface area contributed by atoms with E-state index in [1.54, 1.807) is 19.4 Å². The van der Waals surface area contributed by atoms with Crippen LogP contribution in [-0.4, -0.2) is 58.4 Å². The van der Waals surface area contributed by atoms with E-state index in [2.05, 4.69) is 20.7 Å². The number of anilines is 3. The Morgan fingerprint density at radius 3 is 2.69 bits per heavy atom. The van der Waals surface area contributed by atoms with Crippen molar-refractivity contribution in [2.75, 3.05) is 31.0 Å². The number of carbonyl (C=O) groups excluding carboxylic acids is 2. The first kappa shape index (κ1) is 25.3. The van der Waals surface area contributed by atoms with Crippen LogP contribution in [0.1, 0.15) is 48.5 Å². The number of halogens is 1. The second-order valence-electron chi connectivity index (χ2n) is 10.0. The molecule has 1 atom stereocenters. The van der Waals surface area contributed by atoms with E-state index < -0.39 is 23.3 Å². The number of alkyl halides is 1. The van der Waals surface area contributed by atoms with Gasteiger partial charge in [0, 0.05) is 36.0 Å². The van der Waals surface area contributed by atoms with E-state index in [0.29, 0.717) is 24.7 Å². The highest BCUT2D eigenvalue weighted by atomic mass is 19.1. The molecule has 2 aromatic heterocycles. The van der Waals surface area contributed by atoms with Gasteiger partial charge in [-0.2, -0.15) is 5.10 Å². The fraction of sp³-hybridized carbons (Fsp3) is 0.407. The molecule has 4 N–H and O–H groups in total. The lowest BCUT2D eigenvalue weighted by Crippen LogP contribution is -2.36. The van der Waals surface area contributed by atoms with E-state index in [1.807, 2.05) is 23.0 Å². The van der Waals surface area contributed by atoms with Crippen LogP contribution >= 0.6 is 0 Å². The highest BCUT2D eigenvalue weighted by molar-refractivity contribution is 6.02. The van der Waals surface area contributed by atoms with Gasteiger partial charge in [0.25, 0.3) is 11.8 Å². The highest BCUT2D eigenvalue weighted by Gasteiger charge is 2.51. The SMILES string of the molecule is COc1c(Nc2cc(NC(=O)C3(F)CC3)ncc2C(N)=O)cccc1-c1cnn([C@@H]2CCCC23OCCO3)c1. The van der Waals surface area contributed by atoms with Gasteiger partial charge in [-0.15, -0.1) is 0 Å². The number of rotatable bonds is 8. The lowest BCUT2D eigenvalue weighted by molar-refractivity contribution is -0.177. The Labute approximate surface area is 223 Å². The summed E-state index contributed by atoms with van der Waals surface area (Å²) in [4.78, 5) is 28.4. The second-order valence-corrected chi connectivity index (χ2v) is 10.0. The van der Waals surface area contributed by atoms with E-state index in [0.717, 1.165) is 30.4 Å². The van der Waals surface area contributed by atoms with Gasteiger partial charge in [-0.3, -0.25) is 14.3 Å². The van der Waals surface area contributed by atoms with Crippen molar-refractivity contribution in [3.8, 4) is 16.9 Å². The van der Waals surface area contributed by atoms with Crippen molar-refractivity contribution in [2.45, 2.75) is 49.6 Å². The van der Waals surface area contributed by atoms with Crippen molar-refractivity contribution in [2.24, 2.45) is 5.73 Å². The average molecular weight is 537 g/mol. The molecule has 204 valence electrons. The number of aromatic nitrogens is 3. The number of nitrogens with one attached hydrogen (secondary N) is 2. The third kappa shape index (κ3) is 4.59. The molecule has 3 heterocycles. The number of pyridine rings is 1. The van der Waals surface area contributed by atoms with Crippen LogP contribution in [0, 0.1) is 0 Å². The Morgan fingerprint density at radius 2 is 1.97 bits per heavy atom. The highest BCUT2D eigenvalue weighted by Crippen LogP contribution is 2.46. The Kier molecular flexibility index (Phi) is 6.23. The topological polar surface area (TPSA) is 143 Å². The van der Waals surface area contributed by atoms with Crippen LogP contribution in [0.5, 0.6) is 5.75 Å². The number of methoxy groups -OCH3 is 1. The Morgan fingerprint density at radius 1 is 1.18 bits per heavy atom. The van der Waals surface area contributed by atoms with Gasteiger partial charge >= 0.3 is 0 Å². The summed E-state index contributed by atoms with van der Waals surface area (Å²) in [7, 11) is 1.55. The van der Waals surface area contributed by atoms with E-state index in [4.69, 9.17) is 19.9 Å². The van der Waals surface area contributed by atoms with E-state index in [-0.39, 0.29) is 36.0 Å². The standard InChI is InChI=1S/C27H29FN6O5/c1-37-23-17(16-13-31-34(15-16)21-6-3-7-27(21)38-10-11-39-27)4-2-5-19(23)32-20-12-22(30-14-18(20)24(29)35)33-25(36)26(28)8-9-26/h2,4-5,12-15,21H,3,6-11H2,1H3,(H2,29,35)(H2,30,32,33,36)/t21-/m1/s1. The Balaban J connectivity index is 1.30. The third-order valence-corrected chi connectivity index (χ3v) is 7.51. The summed E-state index contributed by atoms with van der Waals surface area (Å²) in [5.41, 5.74) is 6.22. The molecular formula is C27H29FN6O5. The minimum Gasteiger partial charge on any atom is -0.494 e. The summed E-state index contributed by atoms with van der Waals surface area (Å²) in [5, 5.41) is 10.3. The number of benzene rings is 1. The number of ether oxygens (including phenoxy) is 3. The maximum Gasteiger partial charge on any atom is 0.263 e. The molecule has 1 aliphatic heterocycles. The first-order chi connectivity index (χ1) is 18.8. The molecular weight excluding hydrogens is 507 g/mol. The van der Waals surface area contributed by atoms with Crippen LogP contribution in [0.4, 0.5) is 21.6 Å². The van der Waals surface area contributed by atoms with Gasteiger partial charge in [0.05, 0.1) is 43.5 Å². The summed E-state index contributed by atoms with van der Waals surface area (Å²) >= 11 is 0. The fourth-order valence-corrected chi connectivity index (χ4v) is 5.33. The largest absolute Gasteiger partial charge is 0.494 e. The molecule has 2 saturated carbocycles. The molecule has 1 spiro atoms. The summed E-state index contributed by atoms with van der Waals surface area (Å²) in [5.74, 6) is -1.51. The molecule has 0 radical (unpaired) electrons. The number of hydrogen-bond donors (Lipinski definition) is 3. The number of hydrogen-bond acceptors (Lipinski definition) is 8. The molecule has 0 unspecified atom stereocenters. The molecule has 1 aromatic carbocycles. The quantitative estimate of drug-likeness (QED) is 0.396. The van der Waals surface area contributed by atoms with E-state index in [9.17, 15) is 14.0 Å². The summed E-state index contributed by atoms with van der Waals surface area (Å²) in [6, 6.07) is 6.94. The van der Waals surface area contributed by atoms with Crippen LogP contribution in [-0.2, 0) is 14.3 Å². The van der Waals surface area contributed by atoms with Gasteiger partial charge in [0.15, 0.2) is 11.5 Å². The van der Waals surface area contributed by atoms with Crippen LogP contribution < -0.4 is 21.1 Å². The molecule has 39 heavy (non-hydrogen) atoms. The lowest BCUT2D eigenvalue weighted by atomic mass is 10.1. The van der Waals surface area contributed by atoms with Crippen LogP contribution in [0.2, 0.25) is 0 Å². The summed E-state index contributed by atoms with van der Waals surface area (Å²) < 4.78 is 33.8. The van der Waals surface area contributed by atoms with Gasteiger partial charge in [0.2, 0.25) is 0 Å². The number of amides is 2. The molecule has 2 aliphatic carbocycles. The van der Waals surface area contributed by atoms with Crippen molar-refractivity contribution in [3.05, 3.63) is 48.4 Å². The zero-order valence-corrected chi connectivity index (χ0v) is 21.4. The number of carbonyl (C=O) groups is 2. The summed E-state index contributed by atoms with van der Waals surface area (Å²) in [6.45, 7) is 1.16. The van der Waals surface area contributed by atoms with Crippen LogP contribution in [0.3, 0.4) is 0 Å². The molecule has 3 aromatic rings. The van der Waals surface area contributed by atoms with Crippen molar-refractivity contribution >= 4 is 29.0 Å². The Bertz CT molecular complexity index is 1430. The number of para-hydroxylation sites is 1. The average Bonchev–Trinajstić information content (AvgIpc) is 3.30. The number of primary amides is 1. The van der Waals surface area contributed by atoms with Gasteiger partial charge in [-0.25, -0.2) is 9.37 Å². The van der Waals surface area contributed by atoms with Crippen LogP contribution in [0.25, 0.3) is 11.1 Å². The monoisotopic (exact) mass is 536 g/mol. The first-order valence-electron chi connectivity index (χ1n) is 12.9. The lowest BCUT2D eigenvalue weighted by Gasteiger charge is -2.29. The summed E-state index contributed by atoms with van der Waals surface area (Å²) in [6.07, 6.45) is 8.02. The second kappa shape index (κ2) is 9.62. The van der Waals surface area contributed by atoms with Crippen LogP contribution in [0.15, 0.2) is 42.9 Å². The zero-order valence-electron chi connectivity index (χ0n) is 21.4. The maximum atomic E-state index is 14.2. The number of nitrogens with two attached hydrogens (primary N) is 1. The smallest absolute Gasteiger partial charge is 0.263 e.